The van der Waals surface area contributed by atoms with Gasteiger partial charge in [0, 0.05) is 10.9 Å². The minimum absolute atomic E-state index is 0.132. The molecule has 1 atom stereocenters. The molecule has 0 aliphatic carbocycles. The second kappa shape index (κ2) is 5.90. The Morgan fingerprint density at radius 2 is 2.14 bits per heavy atom. The molecule has 1 N–H and O–H groups in total. The van der Waals surface area contributed by atoms with E-state index in [4.69, 9.17) is 21.3 Å². The number of carbonyl (C=O) groups is 1. The fraction of sp³-hybridized carbons (Fsp3) is 0.286. The van der Waals surface area contributed by atoms with Crippen molar-refractivity contribution in [3.05, 3.63) is 62.4 Å². The monoisotopic (exact) mass is 396 g/mol. The predicted octanol–water partition coefficient (Wildman–Crippen LogP) is 3.12. The van der Waals surface area contributed by atoms with E-state index in [-0.39, 0.29) is 18.6 Å². The Morgan fingerprint density at radius 1 is 1.32 bits per heavy atom. The van der Waals surface area contributed by atoms with Gasteiger partial charge < -0.3 is 14.4 Å². The zero-order valence-electron chi connectivity index (χ0n) is 15.2. The molecule has 3 aromatic rings. The van der Waals surface area contributed by atoms with Crippen molar-refractivity contribution in [1.82, 2.24) is 9.55 Å². The molecule has 1 aromatic carbocycles. The molecule has 6 nitrogen and oxygen atoms in total. The van der Waals surface area contributed by atoms with Crippen LogP contribution in [-0.2, 0) is 28.3 Å². The van der Waals surface area contributed by atoms with Crippen LogP contribution >= 0.6 is 11.6 Å². The van der Waals surface area contributed by atoms with E-state index < -0.39 is 11.6 Å². The van der Waals surface area contributed by atoms with Crippen LogP contribution < -0.4 is 5.56 Å². The lowest BCUT2D eigenvalue weighted by Gasteiger charge is -2.26. The highest BCUT2D eigenvalue weighted by atomic mass is 35.5. The SMILES string of the molecule is CC[C@@]1(O)CC(=O)OCc2c1cc1n(c2=O)Cc2cc3cccc(Cl)c3nc2-1. The number of esters is 1. The summed E-state index contributed by atoms with van der Waals surface area (Å²) < 4.78 is 6.80. The van der Waals surface area contributed by atoms with Gasteiger partial charge in [0.15, 0.2) is 0 Å². The van der Waals surface area contributed by atoms with Crippen LogP contribution in [-0.4, -0.2) is 20.6 Å². The van der Waals surface area contributed by atoms with E-state index in [1.165, 1.54) is 0 Å². The fourth-order valence-corrected chi connectivity index (χ4v) is 4.39. The van der Waals surface area contributed by atoms with Gasteiger partial charge in [-0.1, -0.05) is 30.7 Å². The lowest BCUT2D eigenvalue weighted by atomic mass is 9.85. The second-order valence-electron chi connectivity index (χ2n) is 7.34. The molecule has 5 rings (SSSR count). The van der Waals surface area contributed by atoms with Gasteiger partial charge in [-0.05, 0) is 30.2 Å². The van der Waals surface area contributed by atoms with Crippen LogP contribution in [0.2, 0.25) is 5.02 Å². The van der Waals surface area contributed by atoms with Crippen LogP contribution in [0.15, 0.2) is 35.1 Å². The van der Waals surface area contributed by atoms with Crippen molar-refractivity contribution in [3.8, 4) is 11.4 Å². The Kier molecular flexibility index (Phi) is 3.66. The Balaban J connectivity index is 1.80. The first-order valence-electron chi connectivity index (χ1n) is 9.15. The summed E-state index contributed by atoms with van der Waals surface area (Å²) in [4.78, 5) is 29.9. The van der Waals surface area contributed by atoms with Gasteiger partial charge in [-0.3, -0.25) is 9.59 Å². The van der Waals surface area contributed by atoms with Crippen molar-refractivity contribution >= 4 is 28.5 Å². The molecule has 0 radical (unpaired) electrons. The molecule has 2 aromatic heterocycles. The maximum Gasteiger partial charge on any atom is 0.309 e. The number of aliphatic hydroxyl groups is 1. The van der Waals surface area contributed by atoms with Gasteiger partial charge in [0.2, 0.25) is 0 Å². The summed E-state index contributed by atoms with van der Waals surface area (Å²) in [5, 5.41) is 12.6. The number of aromatic nitrogens is 2. The van der Waals surface area contributed by atoms with Gasteiger partial charge >= 0.3 is 5.97 Å². The Labute approximate surface area is 165 Å². The van der Waals surface area contributed by atoms with Crippen LogP contribution in [0, 0.1) is 0 Å². The number of hydrogen-bond acceptors (Lipinski definition) is 5. The van der Waals surface area contributed by atoms with E-state index in [2.05, 4.69) is 0 Å². The third-order valence-corrected chi connectivity index (χ3v) is 6.05. The van der Waals surface area contributed by atoms with Gasteiger partial charge in [-0.15, -0.1) is 0 Å². The highest BCUT2D eigenvalue weighted by Crippen LogP contribution is 2.39. The van der Waals surface area contributed by atoms with Crippen molar-refractivity contribution in [2.24, 2.45) is 0 Å². The normalized spacial score (nSPS) is 20.3. The van der Waals surface area contributed by atoms with E-state index in [1.807, 2.05) is 18.2 Å². The molecule has 0 saturated carbocycles. The largest absolute Gasteiger partial charge is 0.460 e. The Morgan fingerprint density at radius 3 is 2.93 bits per heavy atom. The van der Waals surface area contributed by atoms with Crippen LogP contribution in [0.25, 0.3) is 22.3 Å². The summed E-state index contributed by atoms with van der Waals surface area (Å²) in [6.07, 6.45) is 0.116. The number of rotatable bonds is 1. The van der Waals surface area contributed by atoms with Gasteiger partial charge in [0.1, 0.15) is 12.2 Å². The first kappa shape index (κ1) is 17.4. The molecule has 0 unspecified atom stereocenters. The van der Waals surface area contributed by atoms with Crippen molar-refractivity contribution < 1.29 is 14.6 Å². The van der Waals surface area contributed by atoms with E-state index in [0.717, 1.165) is 10.9 Å². The molecule has 0 fully saturated rings. The number of halogens is 1. The number of benzene rings is 1. The smallest absolute Gasteiger partial charge is 0.309 e. The summed E-state index contributed by atoms with van der Waals surface area (Å²) >= 11 is 6.31. The first-order chi connectivity index (χ1) is 13.4. The number of hydrogen-bond donors (Lipinski definition) is 1. The number of cyclic esters (lactones) is 1. The van der Waals surface area contributed by atoms with Crippen LogP contribution in [0.1, 0.15) is 36.5 Å². The van der Waals surface area contributed by atoms with Gasteiger partial charge in [0.25, 0.3) is 5.56 Å². The lowest BCUT2D eigenvalue weighted by Crippen LogP contribution is -2.32. The van der Waals surface area contributed by atoms with Crippen molar-refractivity contribution in [1.29, 1.82) is 0 Å². The number of para-hydroxylation sites is 1. The first-order valence-corrected chi connectivity index (χ1v) is 9.53. The molecule has 0 spiro atoms. The Bertz CT molecular complexity index is 1230. The molecule has 0 amide bonds. The predicted molar refractivity (Wildman–Crippen MR) is 104 cm³/mol. The summed E-state index contributed by atoms with van der Waals surface area (Å²) in [7, 11) is 0. The molecule has 4 heterocycles. The third kappa shape index (κ3) is 2.34. The summed E-state index contributed by atoms with van der Waals surface area (Å²) in [6, 6.07) is 9.35. The molecule has 28 heavy (non-hydrogen) atoms. The minimum atomic E-state index is -1.44. The molecule has 142 valence electrons. The maximum atomic E-state index is 13.2. The third-order valence-electron chi connectivity index (χ3n) is 5.75. The average molecular weight is 397 g/mol. The summed E-state index contributed by atoms with van der Waals surface area (Å²) in [5.41, 5.74) is 1.97. The maximum absolute atomic E-state index is 13.2. The topological polar surface area (TPSA) is 81.4 Å². The van der Waals surface area contributed by atoms with Crippen molar-refractivity contribution in [3.63, 3.8) is 0 Å². The molecular formula is C21H17ClN2O4. The van der Waals surface area contributed by atoms with Crippen LogP contribution in [0.4, 0.5) is 0 Å². The molecule has 0 saturated heterocycles. The zero-order chi connectivity index (χ0) is 19.6. The molecule has 7 heteroatoms. The fourth-order valence-electron chi connectivity index (χ4n) is 4.17. The van der Waals surface area contributed by atoms with Gasteiger partial charge in [-0.25, -0.2) is 4.98 Å². The van der Waals surface area contributed by atoms with Crippen molar-refractivity contribution in [2.75, 3.05) is 0 Å². The van der Waals surface area contributed by atoms with E-state index in [1.54, 1.807) is 23.6 Å². The second-order valence-corrected chi connectivity index (χ2v) is 7.75. The molecular weight excluding hydrogens is 380 g/mol. The molecule has 0 bridgehead atoms. The number of pyridine rings is 2. The zero-order valence-corrected chi connectivity index (χ0v) is 15.9. The number of nitrogens with zero attached hydrogens (tertiary/aromatic N) is 2. The standard InChI is InChI=1S/C21H17ClN2O4/c1-2-21(27)8-17(25)28-10-13-14(21)7-16-19-12(9-24(16)20(13)26)6-11-4-3-5-15(22)18(11)23-19/h3-7,27H,2,8-10H2,1H3/t21-/m1/s1. The number of carbonyl (C=O) groups excluding carboxylic acids is 1. The summed E-state index contributed by atoms with van der Waals surface area (Å²) in [6.45, 7) is 2.03. The van der Waals surface area contributed by atoms with E-state index in [9.17, 15) is 14.7 Å². The Hall–Kier alpha value is -2.70. The molecule has 2 aliphatic heterocycles. The number of ether oxygens (including phenoxy) is 1. The van der Waals surface area contributed by atoms with Crippen LogP contribution in [0.3, 0.4) is 0 Å². The highest BCUT2D eigenvalue weighted by Gasteiger charge is 2.39. The van der Waals surface area contributed by atoms with Gasteiger partial charge in [-0.2, -0.15) is 0 Å². The van der Waals surface area contributed by atoms with Gasteiger partial charge in [0.05, 0.1) is 40.5 Å². The average Bonchev–Trinajstić information content (AvgIpc) is 2.97. The highest BCUT2D eigenvalue weighted by molar-refractivity contribution is 6.35. The van der Waals surface area contributed by atoms with E-state index >= 15 is 0 Å². The lowest BCUT2D eigenvalue weighted by molar-refractivity contribution is -0.149. The minimum Gasteiger partial charge on any atom is -0.460 e. The quantitative estimate of drug-likeness (QED) is 0.500. The summed E-state index contributed by atoms with van der Waals surface area (Å²) in [5.74, 6) is -0.513. The van der Waals surface area contributed by atoms with Crippen molar-refractivity contribution in [2.45, 2.75) is 38.5 Å². The van der Waals surface area contributed by atoms with E-state index in [0.29, 0.717) is 46.0 Å². The van der Waals surface area contributed by atoms with Crippen LogP contribution in [0.5, 0.6) is 0 Å². The number of fused-ring (bicyclic) bond motifs is 5. The molecule has 2 aliphatic rings.